The van der Waals surface area contributed by atoms with Gasteiger partial charge in [-0.15, -0.1) is 0 Å². The van der Waals surface area contributed by atoms with Gasteiger partial charge in [0.15, 0.2) is 0 Å². The zero-order valence-electron chi connectivity index (χ0n) is 13.2. The summed E-state index contributed by atoms with van der Waals surface area (Å²) in [6, 6.07) is 1.59. The van der Waals surface area contributed by atoms with E-state index in [-0.39, 0.29) is 29.0 Å². The van der Waals surface area contributed by atoms with Gasteiger partial charge in [0.25, 0.3) is 5.91 Å². The molecule has 3 heterocycles. The van der Waals surface area contributed by atoms with Crippen LogP contribution in [0.2, 0.25) is 0 Å². The highest BCUT2D eigenvalue weighted by molar-refractivity contribution is 5.91. The number of likely N-dealkylation sites (tertiary alicyclic amines) is 2. The summed E-state index contributed by atoms with van der Waals surface area (Å²) in [5, 5.41) is 3.61. The smallest absolute Gasteiger partial charge is 0.292 e. The van der Waals surface area contributed by atoms with Crippen LogP contribution in [0.4, 0.5) is 0 Å². The van der Waals surface area contributed by atoms with Crippen LogP contribution in [0, 0.1) is 5.92 Å². The van der Waals surface area contributed by atoms with Crippen LogP contribution < -0.4 is 0 Å². The van der Waals surface area contributed by atoms with E-state index in [4.69, 9.17) is 4.52 Å². The molecule has 1 aromatic heterocycles. The molecule has 1 atom stereocenters. The maximum Gasteiger partial charge on any atom is 0.292 e. The van der Waals surface area contributed by atoms with Crippen LogP contribution in [0.5, 0.6) is 0 Å². The molecular formula is C16H23N3O3. The largest absolute Gasteiger partial charge is 0.351 e. The molecule has 0 N–H and O–H groups in total. The molecule has 0 aromatic carbocycles. The van der Waals surface area contributed by atoms with Gasteiger partial charge < -0.3 is 14.3 Å². The van der Waals surface area contributed by atoms with Crippen molar-refractivity contribution >= 4 is 11.8 Å². The fourth-order valence-corrected chi connectivity index (χ4v) is 3.79. The third-order valence-corrected chi connectivity index (χ3v) is 4.85. The molecule has 3 rings (SSSR count). The number of hydrogen-bond acceptors (Lipinski definition) is 4. The Hall–Kier alpha value is -1.85. The van der Waals surface area contributed by atoms with Crippen molar-refractivity contribution in [2.75, 3.05) is 19.6 Å². The third kappa shape index (κ3) is 2.51. The van der Waals surface area contributed by atoms with E-state index in [2.05, 4.69) is 5.16 Å². The molecule has 0 aliphatic carbocycles. The summed E-state index contributed by atoms with van der Waals surface area (Å²) in [5.41, 5.74) is -0.185. The van der Waals surface area contributed by atoms with Crippen LogP contribution in [0.25, 0.3) is 0 Å². The van der Waals surface area contributed by atoms with E-state index in [9.17, 15) is 9.59 Å². The maximum absolute atomic E-state index is 12.5. The first-order chi connectivity index (χ1) is 10.5. The number of carbonyl (C=O) groups is 2. The fraction of sp³-hybridized carbons (Fsp3) is 0.688. The standard InChI is InChI=1S/C16H23N3O3/c1-12(2)14(20)19-10-4-7-16(19)6-3-9-18(11-16)15(21)13-5-8-17-22-13/h5,8,12H,3-4,6-7,9-11H2,1-2H3/t16-/m1/s1. The quantitative estimate of drug-likeness (QED) is 0.837. The molecule has 22 heavy (non-hydrogen) atoms. The van der Waals surface area contributed by atoms with Gasteiger partial charge in [-0.3, -0.25) is 9.59 Å². The predicted molar refractivity (Wildman–Crippen MR) is 80.2 cm³/mol. The third-order valence-electron chi connectivity index (χ3n) is 4.85. The Labute approximate surface area is 130 Å². The van der Waals surface area contributed by atoms with Gasteiger partial charge in [0.2, 0.25) is 11.7 Å². The summed E-state index contributed by atoms with van der Waals surface area (Å²) in [6.07, 6.45) is 5.37. The Balaban J connectivity index is 1.79. The van der Waals surface area contributed by atoms with Crippen molar-refractivity contribution in [2.45, 2.75) is 45.1 Å². The van der Waals surface area contributed by atoms with Crippen LogP contribution in [-0.4, -0.2) is 51.9 Å². The minimum absolute atomic E-state index is 0.00433. The molecule has 0 bridgehead atoms. The fourth-order valence-electron chi connectivity index (χ4n) is 3.79. The molecule has 0 radical (unpaired) electrons. The Bertz CT molecular complexity index is 555. The first-order valence-corrected chi connectivity index (χ1v) is 8.05. The van der Waals surface area contributed by atoms with E-state index >= 15 is 0 Å². The predicted octanol–water partition coefficient (Wildman–Crippen LogP) is 1.93. The second kappa shape index (κ2) is 5.74. The first-order valence-electron chi connectivity index (χ1n) is 8.05. The first kappa shape index (κ1) is 15.1. The molecule has 6 nitrogen and oxygen atoms in total. The van der Waals surface area contributed by atoms with Gasteiger partial charge in [-0.25, -0.2) is 0 Å². The molecule has 2 fully saturated rings. The molecular weight excluding hydrogens is 282 g/mol. The van der Waals surface area contributed by atoms with E-state index < -0.39 is 0 Å². The topological polar surface area (TPSA) is 66.7 Å². The van der Waals surface area contributed by atoms with Crippen LogP contribution in [0.15, 0.2) is 16.8 Å². The number of amides is 2. The average Bonchev–Trinajstić information content (AvgIpc) is 3.16. The zero-order chi connectivity index (χ0) is 15.7. The van der Waals surface area contributed by atoms with Crippen molar-refractivity contribution in [2.24, 2.45) is 5.92 Å². The van der Waals surface area contributed by atoms with Crippen LogP contribution in [0.1, 0.15) is 50.1 Å². The van der Waals surface area contributed by atoms with Gasteiger partial charge in [0.05, 0.1) is 11.7 Å². The highest BCUT2D eigenvalue weighted by Gasteiger charge is 2.47. The van der Waals surface area contributed by atoms with Gasteiger partial charge in [0.1, 0.15) is 0 Å². The van der Waals surface area contributed by atoms with Gasteiger partial charge in [-0.1, -0.05) is 19.0 Å². The highest BCUT2D eigenvalue weighted by Crippen LogP contribution is 2.38. The molecule has 2 aliphatic rings. The van der Waals surface area contributed by atoms with Crippen molar-refractivity contribution in [1.82, 2.24) is 15.0 Å². The SMILES string of the molecule is CC(C)C(=O)N1CCC[C@@]12CCCN(C(=O)c1ccno1)C2. The second-order valence-electron chi connectivity index (χ2n) is 6.68. The van der Waals surface area contributed by atoms with Gasteiger partial charge in [-0.05, 0) is 25.7 Å². The number of aromatic nitrogens is 1. The monoisotopic (exact) mass is 305 g/mol. The number of piperidine rings is 1. The van der Waals surface area contributed by atoms with E-state index in [1.54, 1.807) is 6.07 Å². The average molecular weight is 305 g/mol. The van der Waals surface area contributed by atoms with Crippen LogP contribution >= 0.6 is 0 Å². The lowest BCUT2D eigenvalue weighted by molar-refractivity contribution is -0.140. The lowest BCUT2D eigenvalue weighted by Crippen LogP contribution is -2.59. The van der Waals surface area contributed by atoms with Crippen molar-refractivity contribution in [3.05, 3.63) is 18.0 Å². The normalized spacial score (nSPS) is 25.2. The molecule has 1 spiro atoms. The highest BCUT2D eigenvalue weighted by atomic mass is 16.5. The number of nitrogens with zero attached hydrogens (tertiary/aromatic N) is 3. The molecule has 2 aliphatic heterocycles. The Morgan fingerprint density at radius 2 is 2.00 bits per heavy atom. The van der Waals surface area contributed by atoms with Gasteiger partial charge in [0, 0.05) is 31.6 Å². The lowest BCUT2D eigenvalue weighted by Gasteiger charge is -2.46. The second-order valence-corrected chi connectivity index (χ2v) is 6.68. The summed E-state index contributed by atoms with van der Waals surface area (Å²) in [6.45, 7) is 6.00. The zero-order valence-corrected chi connectivity index (χ0v) is 13.2. The Kier molecular flexibility index (Phi) is 3.93. The molecule has 6 heteroatoms. The summed E-state index contributed by atoms with van der Waals surface area (Å²) in [5.74, 6) is 0.346. The molecule has 0 saturated carbocycles. The lowest BCUT2D eigenvalue weighted by atomic mass is 9.85. The van der Waals surface area contributed by atoms with Crippen molar-refractivity contribution in [3.63, 3.8) is 0 Å². The van der Waals surface area contributed by atoms with Crippen LogP contribution in [0.3, 0.4) is 0 Å². The number of rotatable bonds is 2. The van der Waals surface area contributed by atoms with Crippen LogP contribution in [-0.2, 0) is 4.79 Å². The molecule has 120 valence electrons. The van der Waals surface area contributed by atoms with E-state index in [0.717, 1.165) is 32.2 Å². The summed E-state index contributed by atoms with van der Waals surface area (Å²) >= 11 is 0. The van der Waals surface area contributed by atoms with E-state index in [0.29, 0.717) is 13.1 Å². The molecule has 0 unspecified atom stereocenters. The van der Waals surface area contributed by atoms with Gasteiger partial charge >= 0.3 is 0 Å². The summed E-state index contributed by atoms with van der Waals surface area (Å²) in [4.78, 5) is 28.9. The molecule has 2 saturated heterocycles. The summed E-state index contributed by atoms with van der Waals surface area (Å²) < 4.78 is 4.99. The number of carbonyl (C=O) groups excluding carboxylic acids is 2. The minimum Gasteiger partial charge on any atom is -0.351 e. The van der Waals surface area contributed by atoms with Crippen molar-refractivity contribution in [3.8, 4) is 0 Å². The Morgan fingerprint density at radius 3 is 2.64 bits per heavy atom. The van der Waals surface area contributed by atoms with E-state index in [1.807, 2.05) is 23.6 Å². The van der Waals surface area contributed by atoms with Crippen molar-refractivity contribution < 1.29 is 14.1 Å². The molecule has 2 amide bonds. The molecule has 1 aromatic rings. The van der Waals surface area contributed by atoms with E-state index in [1.165, 1.54) is 6.20 Å². The summed E-state index contributed by atoms with van der Waals surface area (Å²) in [7, 11) is 0. The van der Waals surface area contributed by atoms with Crippen molar-refractivity contribution in [1.29, 1.82) is 0 Å². The Morgan fingerprint density at radius 1 is 1.27 bits per heavy atom. The minimum atomic E-state index is -0.185. The maximum atomic E-state index is 12.5. The number of hydrogen-bond donors (Lipinski definition) is 0. The van der Waals surface area contributed by atoms with Gasteiger partial charge in [-0.2, -0.15) is 0 Å².